The molecule has 0 saturated heterocycles. The Bertz CT molecular complexity index is 590. The number of fused-ring (bicyclic) bond motifs is 1. The number of aromatic nitrogens is 1. The third-order valence-corrected chi connectivity index (χ3v) is 4.68. The highest BCUT2D eigenvalue weighted by atomic mass is 16.5. The van der Waals surface area contributed by atoms with Crippen LogP contribution in [0.4, 0.5) is 0 Å². The Morgan fingerprint density at radius 2 is 2.09 bits per heavy atom. The maximum atomic E-state index is 10.3. The molecule has 120 valence electrons. The summed E-state index contributed by atoms with van der Waals surface area (Å²) in [5.74, 6) is 0.832. The Morgan fingerprint density at radius 1 is 1.27 bits per heavy atom. The first-order chi connectivity index (χ1) is 10.7. The number of hydrogen-bond acceptors (Lipinski definition) is 3. The molecule has 1 fully saturated rings. The van der Waals surface area contributed by atoms with Crippen LogP contribution in [0.1, 0.15) is 32.1 Å². The fourth-order valence-corrected chi connectivity index (χ4v) is 3.42. The molecule has 3 rings (SSSR count). The van der Waals surface area contributed by atoms with Gasteiger partial charge in [0.15, 0.2) is 0 Å². The van der Waals surface area contributed by atoms with Gasteiger partial charge >= 0.3 is 0 Å². The molecule has 4 heteroatoms. The lowest BCUT2D eigenvalue weighted by Crippen LogP contribution is -2.40. The van der Waals surface area contributed by atoms with Crippen molar-refractivity contribution in [3.8, 4) is 5.75 Å². The molecule has 0 amide bonds. The van der Waals surface area contributed by atoms with Crippen LogP contribution in [0, 0.1) is 0 Å². The van der Waals surface area contributed by atoms with Gasteiger partial charge in [0, 0.05) is 29.7 Å². The molecule has 1 aromatic heterocycles. The normalized spacial score (nSPS) is 18.0. The zero-order valence-corrected chi connectivity index (χ0v) is 13.3. The molecule has 0 radical (unpaired) electrons. The standard InChI is InChI=1S/C18H26N2O2/c1-20(14-6-3-2-4-7-14)12-15(21)13-22-18-9-5-8-17-16(18)10-11-19-17/h5,8-11,14-15,19,21H,2-4,6-7,12-13H2,1H3. The molecule has 0 spiro atoms. The third-order valence-electron chi connectivity index (χ3n) is 4.68. The van der Waals surface area contributed by atoms with Crippen LogP contribution in [0.2, 0.25) is 0 Å². The van der Waals surface area contributed by atoms with Crippen molar-refractivity contribution >= 4 is 10.9 Å². The number of rotatable bonds is 6. The van der Waals surface area contributed by atoms with Crippen molar-refractivity contribution in [2.45, 2.75) is 44.2 Å². The van der Waals surface area contributed by atoms with Crippen LogP contribution in [-0.4, -0.2) is 47.3 Å². The van der Waals surface area contributed by atoms with E-state index in [4.69, 9.17) is 4.74 Å². The van der Waals surface area contributed by atoms with Gasteiger partial charge < -0.3 is 19.7 Å². The largest absolute Gasteiger partial charge is 0.490 e. The average molecular weight is 302 g/mol. The highest BCUT2D eigenvalue weighted by molar-refractivity contribution is 5.85. The predicted molar refractivity (Wildman–Crippen MR) is 89.3 cm³/mol. The average Bonchev–Trinajstić information content (AvgIpc) is 3.03. The second-order valence-electron chi connectivity index (χ2n) is 6.39. The number of H-pyrrole nitrogens is 1. The lowest BCUT2D eigenvalue weighted by Gasteiger charge is -2.32. The minimum Gasteiger partial charge on any atom is -0.490 e. The number of aliphatic hydroxyl groups is 1. The van der Waals surface area contributed by atoms with Gasteiger partial charge in [-0.05, 0) is 38.1 Å². The molecule has 1 aromatic carbocycles. The second-order valence-corrected chi connectivity index (χ2v) is 6.39. The number of nitrogens with zero attached hydrogens (tertiary/aromatic N) is 1. The Kier molecular flexibility index (Phi) is 5.01. The minimum absolute atomic E-state index is 0.335. The van der Waals surface area contributed by atoms with Gasteiger partial charge in [-0.25, -0.2) is 0 Å². The van der Waals surface area contributed by atoms with E-state index in [1.807, 2.05) is 30.5 Å². The van der Waals surface area contributed by atoms with E-state index in [0.29, 0.717) is 19.2 Å². The molecule has 1 aliphatic carbocycles. The summed E-state index contributed by atoms with van der Waals surface area (Å²) in [7, 11) is 2.12. The zero-order chi connectivity index (χ0) is 15.4. The summed E-state index contributed by atoms with van der Waals surface area (Å²) in [6.07, 6.45) is 7.95. The molecule has 4 nitrogen and oxygen atoms in total. The van der Waals surface area contributed by atoms with Gasteiger partial charge in [-0.1, -0.05) is 25.3 Å². The number of nitrogens with one attached hydrogen (secondary N) is 1. The van der Waals surface area contributed by atoms with Crippen molar-refractivity contribution in [3.05, 3.63) is 30.5 Å². The first-order valence-corrected chi connectivity index (χ1v) is 8.31. The molecular weight excluding hydrogens is 276 g/mol. The monoisotopic (exact) mass is 302 g/mol. The molecule has 1 atom stereocenters. The molecule has 0 bridgehead atoms. The number of hydrogen-bond donors (Lipinski definition) is 2. The van der Waals surface area contributed by atoms with E-state index in [2.05, 4.69) is 16.9 Å². The number of benzene rings is 1. The summed E-state index contributed by atoms with van der Waals surface area (Å²) in [6, 6.07) is 8.57. The number of aliphatic hydroxyl groups excluding tert-OH is 1. The fourth-order valence-electron chi connectivity index (χ4n) is 3.42. The van der Waals surface area contributed by atoms with Crippen molar-refractivity contribution in [1.82, 2.24) is 9.88 Å². The van der Waals surface area contributed by atoms with Gasteiger partial charge in [-0.3, -0.25) is 0 Å². The van der Waals surface area contributed by atoms with Crippen LogP contribution in [0.15, 0.2) is 30.5 Å². The zero-order valence-electron chi connectivity index (χ0n) is 13.3. The van der Waals surface area contributed by atoms with Gasteiger partial charge in [-0.2, -0.15) is 0 Å². The van der Waals surface area contributed by atoms with E-state index in [0.717, 1.165) is 16.7 Å². The van der Waals surface area contributed by atoms with Crippen molar-refractivity contribution in [2.75, 3.05) is 20.2 Å². The second kappa shape index (κ2) is 7.16. The summed E-state index contributed by atoms with van der Waals surface area (Å²) in [5.41, 5.74) is 1.06. The SMILES string of the molecule is CN(CC(O)COc1cccc2[nH]ccc12)C1CCCCC1. The maximum absolute atomic E-state index is 10.3. The van der Waals surface area contributed by atoms with E-state index in [1.165, 1.54) is 32.1 Å². The van der Waals surface area contributed by atoms with Crippen LogP contribution < -0.4 is 4.74 Å². The lowest BCUT2D eigenvalue weighted by molar-refractivity contribution is 0.0566. The summed E-state index contributed by atoms with van der Waals surface area (Å²) in [4.78, 5) is 5.47. The third kappa shape index (κ3) is 3.62. The summed E-state index contributed by atoms with van der Waals surface area (Å²) in [6.45, 7) is 1.01. The minimum atomic E-state index is -0.457. The van der Waals surface area contributed by atoms with E-state index in [9.17, 15) is 5.11 Å². The van der Waals surface area contributed by atoms with Crippen LogP contribution in [0.5, 0.6) is 5.75 Å². The van der Waals surface area contributed by atoms with Crippen LogP contribution in [-0.2, 0) is 0 Å². The van der Waals surface area contributed by atoms with Crippen LogP contribution >= 0.6 is 0 Å². The van der Waals surface area contributed by atoms with Crippen LogP contribution in [0.3, 0.4) is 0 Å². The van der Waals surface area contributed by atoms with Crippen molar-refractivity contribution in [1.29, 1.82) is 0 Å². The summed E-state index contributed by atoms with van der Waals surface area (Å²) >= 11 is 0. The van der Waals surface area contributed by atoms with E-state index >= 15 is 0 Å². The van der Waals surface area contributed by atoms with Gasteiger partial charge in [0.2, 0.25) is 0 Å². The fraction of sp³-hybridized carbons (Fsp3) is 0.556. The highest BCUT2D eigenvalue weighted by Crippen LogP contribution is 2.25. The predicted octanol–water partition coefficient (Wildman–Crippen LogP) is 3.17. The molecule has 1 aliphatic rings. The Hall–Kier alpha value is -1.52. The highest BCUT2D eigenvalue weighted by Gasteiger charge is 2.20. The molecule has 2 N–H and O–H groups in total. The molecule has 22 heavy (non-hydrogen) atoms. The van der Waals surface area contributed by atoms with Crippen molar-refractivity contribution < 1.29 is 9.84 Å². The van der Waals surface area contributed by atoms with Gasteiger partial charge in [0.25, 0.3) is 0 Å². The molecule has 1 saturated carbocycles. The van der Waals surface area contributed by atoms with Gasteiger partial charge in [-0.15, -0.1) is 0 Å². The first kappa shape index (κ1) is 15.4. The topological polar surface area (TPSA) is 48.5 Å². The Labute approximate surface area is 132 Å². The molecule has 2 aromatic rings. The quantitative estimate of drug-likeness (QED) is 0.861. The first-order valence-electron chi connectivity index (χ1n) is 8.31. The lowest BCUT2D eigenvalue weighted by atomic mass is 9.94. The van der Waals surface area contributed by atoms with Crippen molar-refractivity contribution in [2.24, 2.45) is 0 Å². The maximum Gasteiger partial charge on any atom is 0.128 e. The Balaban J connectivity index is 1.51. The van der Waals surface area contributed by atoms with Crippen molar-refractivity contribution in [3.63, 3.8) is 0 Å². The van der Waals surface area contributed by atoms with Gasteiger partial charge in [0.1, 0.15) is 18.5 Å². The van der Waals surface area contributed by atoms with E-state index in [1.54, 1.807) is 0 Å². The molecular formula is C18H26N2O2. The van der Waals surface area contributed by atoms with Gasteiger partial charge in [0.05, 0.1) is 0 Å². The molecule has 1 unspecified atom stereocenters. The summed E-state index contributed by atoms with van der Waals surface area (Å²) < 4.78 is 5.83. The number of ether oxygens (including phenoxy) is 1. The van der Waals surface area contributed by atoms with Crippen LogP contribution in [0.25, 0.3) is 10.9 Å². The smallest absolute Gasteiger partial charge is 0.128 e. The number of aromatic amines is 1. The summed E-state index contributed by atoms with van der Waals surface area (Å²) in [5, 5.41) is 11.3. The Morgan fingerprint density at radius 3 is 2.91 bits per heavy atom. The molecule has 1 heterocycles. The number of likely N-dealkylation sites (N-methyl/N-ethyl adjacent to an activating group) is 1. The molecule has 0 aliphatic heterocycles. The van der Waals surface area contributed by atoms with E-state index < -0.39 is 6.10 Å². The van der Waals surface area contributed by atoms with E-state index in [-0.39, 0.29) is 0 Å².